The summed E-state index contributed by atoms with van der Waals surface area (Å²) in [6, 6.07) is 5.24. The molecule has 0 amide bonds. The van der Waals surface area contributed by atoms with Gasteiger partial charge < -0.3 is 5.32 Å². The zero-order valence-electron chi connectivity index (χ0n) is 11.4. The van der Waals surface area contributed by atoms with Crippen molar-refractivity contribution in [3.05, 3.63) is 29.8 Å². The normalized spacial score (nSPS) is 14.2. The van der Waals surface area contributed by atoms with Gasteiger partial charge in [0.1, 0.15) is 0 Å². The average Bonchev–Trinajstić information content (AvgIpc) is 2.37. The minimum Gasteiger partial charge on any atom is -0.317 e. The van der Waals surface area contributed by atoms with Crippen LogP contribution in [0.2, 0.25) is 0 Å². The number of halogens is 3. The number of hydrogen-bond acceptors (Lipinski definition) is 3. The van der Waals surface area contributed by atoms with E-state index in [1.54, 1.807) is 13.1 Å². The van der Waals surface area contributed by atoms with Crippen molar-refractivity contribution in [2.45, 2.75) is 42.6 Å². The molecule has 1 rings (SSSR count). The third-order valence-electron chi connectivity index (χ3n) is 3.08. The summed E-state index contributed by atoms with van der Waals surface area (Å²) in [5, 5.41) is 2.99. The molecular weight excluding hydrogens is 291 g/mol. The monoisotopic (exact) mass is 309 g/mol. The predicted molar refractivity (Wildman–Crippen MR) is 71.1 cm³/mol. The highest BCUT2D eigenvalue weighted by atomic mass is 32.2. The molecule has 20 heavy (non-hydrogen) atoms. The van der Waals surface area contributed by atoms with Crippen molar-refractivity contribution in [3.8, 4) is 0 Å². The third-order valence-corrected chi connectivity index (χ3v) is 4.67. The van der Waals surface area contributed by atoms with Gasteiger partial charge in [0.15, 0.2) is 0 Å². The van der Waals surface area contributed by atoms with Gasteiger partial charge >= 0.3 is 5.51 Å². The standard InChI is InChI=1S/C13H18F3NO2S/c1-3-6-11(17-2)9-10-7-4-5-8-12(10)20(18,19)13(14,15)16/h4-5,7-8,11,17H,3,6,9H2,1-2H3. The van der Waals surface area contributed by atoms with Gasteiger partial charge in [0.05, 0.1) is 4.90 Å². The zero-order valence-corrected chi connectivity index (χ0v) is 12.2. The predicted octanol–water partition coefficient (Wildman–Crippen LogP) is 2.91. The highest BCUT2D eigenvalue weighted by Crippen LogP contribution is 2.32. The van der Waals surface area contributed by atoms with Crippen molar-refractivity contribution in [3.63, 3.8) is 0 Å². The number of sulfone groups is 1. The molecule has 1 aromatic rings. The lowest BCUT2D eigenvalue weighted by molar-refractivity contribution is -0.0436. The van der Waals surface area contributed by atoms with E-state index in [9.17, 15) is 21.6 Å². The molecule has 1 atom stereocenters. The lowest BCUT2D eigenvalue weighted by Crippen LogP contribution is -2.29. The first-order valence-corrected chi connectivity index (χ1v) is 7.78. The van der Waals surface area contributed by atoms with Crippen molar-refractivity contribution in [1.29, 1.82) is 0 Å². The number of likely N-dealkylation sites (N-methyl/N-ethyl adjacent to an activating group) is 1. The van der Waals surface area contributed by atoms with E-state index in [0.717, 1.165) is 18.9 Å². The van der Waals surface area contributed by atoms with Crippen LogP contribution in [0, 0.1) is 0 Å². The summed E-state index contributed by atoms with van der Waals surface area (Å²) in [5.74, 6) is 0. The third kappa shape index (κ3) is 3.73. The number of benzene rings is 1. The summed E-state index contributed by atoms with van der Waals surface area (Å²) in [7, 11) is -3.59. The number of alkyl halides is 3. The largest absolute Gasteiger partial charge is 0.501 e. The quantitative estimate of drug-likeness (QED) is 0.879. The number of hydrogen-bond donors (Lipinski definition) is 1. The van der Waals surface area contributed by atoms with E-state index in [0.29, 0.717) is 0 Å². The van der Waals surface area contributed by atoms with Gasteiger partial charge in [0, 0.05) is 6.04 Å². The second-order valence-electron chi connectivity index (χ2n) is 4.54. The van der Waals surface area contributed by atoms with Crippen molar-refractivity contribution >= 4 is 9.84 Å². The molecule has 0 heterocycles. The second kappa shape index (κ2) is 6.58. The Hall–Kier alpha value is -1.08. The van der Waals surface area contributed by atoms with Crippen molar-refractivity contribution < 1.29 is 21.6 Å². The summed E-state index contributed by atoms with van der Waals surface area (Å²) < 4.78 is 61.1. The van der Waals surface area contributed by atoms with Gasteiger partial charge in [-0.3, -0.25) is 0 Å². The Bertz CT molecular complexity index is 541. The molecular formula is C13H18F3NO2S. The molecule has 0 saturated heterocycles. The highest BCUT2D eigenvalue weighted by molar-refractivity contribution is 7.92. The Morgan fingerprint density at radius 2 is 1.85 bits per heavy atom. The maximum Gasteiger partial charge on any atom is 0.501 e. The fraction of sp³-hybridized carbons (Fsp3) is 0.538. The van der Waals surface area contributed by atoms with Crippen LogP contribution in [-0.2, 0) is 16.3 Å². The molecule has 0 bridgehead atoms. The minimum absolute atomic E-state index is 0.0513. The Morgan fingerprint density at radius 3 is 2.35 bits per heavy atom. The lowest BCUT2D eigenvalue weighted by Gasteiger charge is -2.18. The summed E-state index contributed by atoms with van der Waals surface area (Å²) >= 11 is 0. The SMILES string of the molecule is CCCC(Cc1ccccc1S(=O)(=O)C(F)(F)F)NC. The molecule has 0 aliphatic rings. The molecule has 1 aromatic carbocycles. The first-order chi connectivity index (χ1) is 9.24. The maximum absolute atomic E-state index is 12.7. The van der Waals surface area contributed by atoms with Crippen LogP contribution in [0.1, 0.15) is 25.3 Å². The summed E-state index contributed by atoms with van der Waals surface area (Å²) in [4.78, 5) is -0.649. The van der Waals surface area contributed by atoms with Gasteiger partial charge in [-0.25, -0.2) is 8.42 Å². The van der Waals surface area contributed by atoms with Crippen LogP contribution < -0.4 is 5.32 Å². The average molecular weight is 309 g/mol. The highest BCUT2D eigenvalue weighted by Gasteiger charge is 2.47. The molecule has 0 saturated carbocycles. The van der Waals surface area contributed by atoms with Crippen LogP contribution in [0.3, 0.4) is 0 Å². The van der Waals surface area contributed by atoms with Crippen LogP contribution >= 0.6 is 0 Å². The molecule has 0 aliphatic carbocycles. The molecule has 1 N–H and O–H groups in total. The Kier molecular flexibility index (Phi) is 5.59. The van der Waals surface area contributed by atoms with Gasteiger partial charge in [-0.15, -0.1) is 0 Å². The smallest absolute Gasteiger partial charge is 0.317 e. The van der Waals surface area contributed by atoms with Crippen LogP contribution in [0.25, 0.3) is 0 Å². The summed E-state index contributed by atoms with van der Waals surface area (Å²) in [6.45, 7) is 1.96. The second-order valence-corrected chi connectivity index (χ2v) is 6.44. The Morgan fingerprint density at radius 1 is 1.25 bits per heavy atom. The minimum atomic E-state index is -5.30. The van der Waals surface area contributed by atoms with Crippen molar-refractivity contribution in [2.24, 2.45) is 0 Å². The maximum atomic E-state index is 12.7. The van der Waals surface area contributed by atoms with Crippen LogP contribution in [0.4, 0.5) is 13.2 Å². The summed E-state index contributed by atoms with van der Waals surface area (Å²) in [6.07, 6.45) is 1.87. The lowest BCUT2D eigenvalue weighted by atomic mass is 10.0. The molecule has 0 aromatic heterocycles. The van der Waals surface area contributed by atoms with Gasteiger partial charge in [0.25, 0.3) is 9.84 Å². The molecule has 0 spiro atoms. The molecule has 0 fully saturated rings. The number of nitrogens with one attached hydrogen (secondary N) is 1. The molecule has 0 aliphatic heterocycles. The van der Waals surface area contributed by atoms with E-state index in [2.05, 4.69) is 5.32 Å². The topological polar surface area (TPSA) is 46.2 Å². The molecule has 1 unspecified atom stereocenters. The molecule has 114 valence electrons. The van der Waals surface area contributed by atoms with E-state index in [4.69, 9.17) is 0 Å². The van der Waals surface area contributed by atoms with E-state index >= 15 is 0 Å². The van der Waals surface area contributed by atoms with E-state index in [-0.39, 0.29) is 18.0 Å². The van der Waals surface area contributed by atoms with Crippen molar-refractivity contribution in [1.82, 2.24) is 5.32 Å². The Labute approximate surface area is 117 Å². The van der Waals surface area contributed by atoms with Gasteiger partial charge in [-0.2, -0.15) is 13.2 Å². The van der Waals surface area contributed by atoms with Crippen LogP contribution in [0.5, 0.6) is 0 Å². The zero-order chi connectivity index (χ0) is 15.4. The molecule has 3 nitrogen and oxygen atoms in total. The molecule has 7 heteroatoms. The van der Waals surface area contributed by atoms with Gasteiger partial charge in [-0.1, -0.05) is 31.5 Å². The van der Waals surface area contributed by atoms with E-state index < -0.39 is 20.2 Å². The molecule has 0 radical (unpaired) electrons. The Balaban J connectivity index is 3.18. The van der Waals surface area contributed by atoms with Crippen LogP contribution in [-0.4, -0.2) is 27.0 Å². The van der Waals surface area contributed by atoms with Gasteiger partial charge in [0.2, 0.25) is 0 Å². The first kappa shape index (κ1) is 17.0. The van der Waals surface area contributed by atoms with Crippen LogP contribution in [0.15, 0.2) is 29.2 Å². The van der Waals surface area contributed by atoms with Crippen molar-refractivity contribution in [2.75, 3.05) is 7.05 Å². The number of rotatable bonds is 6. The fourth-order valence-corrected chi connectivity index (χ4v) is 3.03. The van der Waals surface area contributed by atoms with E-state index in [1.165, 1.54) is 12.1 Å². The van der Waals surface area contributed by atoms with E-state index in [1.807, 2.05) is 6.92 Å². The fourth-order valence-electron chi connectivity index (χ4n) is 2.02. The summed E-state index contributed by atoms with van der Waals surface area (Å²) in [5.41, 5.74) is -5.08. The first-order valence-electron chi connectivity index (χ1n) is 6.30. The van der Waals surface area contributed by atoms with Gasteiger partial charge in [-0.05, 0) is 31.5 Å².